The maximum atomic E-state index is 13.7. The number of fused-ring (bicyclic) bond motifs is 3. The number of ether oxygens (including phenoxy) is 5. The average molecular weight is 771 g/mol. The van der Waals surface area contributed by atoms with Crippen molar-refractivity contribution in [1.29, 1.82) is 0 Å². The van der Waals surface area contributed by atoms with Gasteiger partial charge in [-0.3, -0.25) is 4.79 Å². The molecule has 6 rings (SSSR count). The van der Waals surface area contributed by atoms with Gasteiger partial charge >= 0.3 is 6.16 Å². The molecular weight excluding hydrogens is 733 g/mol. The molecule has 51 heavy (non-hydrogen) atoms. The standard InChI is InChI=1S/C39H38Cl3NO7S/c1-2-51-36-33(43-37(44)39(40,41)42)35(47-22-26-15-7-4-8-16-26)34(32(49-36)24-46-21-25-13-5-3-6-14-25)50-38(45)48-23-31-29-19-11-9-17-27(29)28-18-10-12-20-30(28)31/h3-20,31-36H,2,21-24H2,1H3,(H,43,44)/t32-,33-,34?,35+,36+/m1/s1. The van der Waals surface area contributed by atoms with Crippen LogP contribution in [0.2, 0.25) is 0 Å². The summed E-state index contributed by atoms with van der Waals surface area (Å²) in [5.74, 6) is -0.412. The fraction of sp³-hybridized carbons (Fsp3) is 0.333. The normalized spacial score (nSPS) is 21.4. The van der Waals surface area contributed by atoms with E-state index in [1.54, 1.807) is 0 Å². The Labute approximate surface area is 317 Å². The Morgan fingerprint density at radius 3 is 1.92 bits per heavy atom. The van der Waals surface area contributed by atoms with Gasteiger partial charge in [-0.2, -0.15) is 0 Å². The van der Waals surface area contributed by atoms with Crippen molar-refractivity contribution in [1.82, 2.24) is 5.32 Å². The minimum atomic E-state index is -2.26. The Bertz CT molecular complexity index is 1720. The van der Waals surface area contributed by atoms with Gasteiger partial charge in [-0.05, 0) is 39.1 Å². The first-order valence-electron chi connectivity index (χ1n) is 16.7. The van der Waals surface area contributed by atoms with Crippen molar-refractivity contribution in [2.24, 2.45) is 0 Å². The van der Waals surface area contributed by atoms with Crippen molar-refractivity contribution in [3.8, 4) is 11.1 Å². The monoisotopic (exact) mass is 769 g/mol. The Hall–Kier alpha value is -3.28. The van der Waals surface area contributed by atoms with E-state index >= 15 is 0 Å². The van der Waals surface area contributed by atoms with Crippen molar-refractivity contribution in [2.45, 2.75) is 59.6 Å². The second-order valence-electron chi connectivity index (χ2n) is 12.1. The molecule has 0 aromatic heterocycles. The predicted octanol–water partition coefficient (Wildman–Crippen LogP) is 8.46. The topological polar surface area (TPSA) is 92.3 Å². The molecule has 12 heteroatoms. The van der Waals surface area contributed by atoms with Crippen LogP contribution in [0.4, 0.5) is 4.79 Å². The summed E-state index contributed by atoms with van der Waals surface area (Å²) in [6.07, 6.45) is -3.76. The fourth-order valence-electron chi connectivity index (χ4n) is 6.44. The van der Waals surface area contributed by atoms with E-state index in [0.29, 0.717) is 12.4 Å². The molecule has 4 aromatic carbocycles. The molecule has 8 nitrogen and oxygen atoms in total. The van der Waals surface area contributed by atoms with E-state index in [0.717, 1.165) is 33.4 Å². The maximum absolute atomic E-state index is 13.7. The minimum Gasteiger partial charge on any atom is -0.433 e. The summed E-state index contributed by atoms with van der Waals surface area (Å²) in [6.45, 7) is 2.49. The van der Waals surface area contributed by atoms with Gasteiger partial charge in [-0.15, -0.1) is 11.8 Å². The zero-order chi connectivity index (χ0) is 35.8. The highest BCUT2D eigenvalue weighted by molar-refractivity contribution is 7.99. The lowest BCUT2D eigenvalue weighted by molar-refractivity contribution is -0.201. The molecule has 1 saturated heterocycles. The number of alkyl halides is 3. The van der Waals surface area contributed by atoms with Gasteiger partial charge in [0.15, 0.2) is 6.10 Å². The number of rotatable bonds is 13. The Kier molecular flexibility index (Phi) is 12.9. The quantitative estimate of drug-likeness (QED) is 0.107. The van der Waals surface area contributed by atoms with Crippen LogP contribution in [0.15, 0.2) is 109 Å². The van der Waals surface area contributed by atoms with Crippen molar-refractivity contribution in [3.63, 3.8) is 0 Å². The van der Waals surface area contributed by atoms with Crippen LogP contribution < -0.4 is 5.32 Å². The lowest BCUT2D eigenvalue weighted by Crippen LogP contribution is -2.66. The molecule has 1 unspecified atom stereocenters. The van der Waals surface area contributed by atoms with E-state index in [9.17, 15) is 9.59 Å². The highest BCUT2D eigenvalue weighted by Gasteiger charge is 2.51. The van der Waals surface area contributed by atoms with Gasteiger partial charge in [0, 0.05) is 5.92 Å². The number of amides is 1. The summed E-state index contributed by atoms with van der Waals surface area (Å²) in [7, 11) is 0. The average Bonchev–Trinajstić information content (AvgIpc) is 3.46. The Balaban J connectivity index is 1.27. The number of thioether (sulfide) groups is 1. The molecular formula is C39H38Cl3NO7S. The van der Waals surface area contributed by atoms with Gasteiger partial charge in [0.05, 0.1) is 25.9 Å². The van der Waals surface area contributed by atoms with Gasteiger partial charge in [-0.1, -0.05) is 151 Å². The zero-order valence-corrected chi connectivity index (χ0v) is 30.9. The van der Waals surface area contributed by atoms with Crippen LogP contribution in [0, 0.1) is 0 Å². The van der Waals surface area contributed by atoms with E-state index in [2.05, 4.69) is 17.4 Å². The minimum absolute atomic E-state index is 0.0485. The number of nitrogens with one attached hydrogen (secondary N) is 1. The molecule has 1 amide bonds. The third-order valence-corrected chi connectivity index (χ3v) is 10.4. The van der Waals surface area contributed by atoms with Gasteiger partial charge in [0.2, 0.25) is 0 Å². The summed E-state index contributed by atoms with van der Waals surface area (Å²) >= 11 is 19.4. The Morgan fingerprint density at radius 1 is 0.765 bits per heavy atom. The predicted molar refractivity (Wildman–Crippen MR) is 200 cm³/mol. The molecule has 268 valence electrons. The van der Waals surface area contributed by atoms with Crippen molar-refractivity contribution >= 4 is 58.6 Å². The van der Waals surface area contributed by atoms with E-state index in [1.165, 1.54) is 11.8 Å². The first-order chi connectivity index (χ1) is 24.7. The van der Waals surface area contributed by atoms with E-state index in [1.807, 2.05) is 104 Å². The number of hydrogen-bond acceptors (Lipinski definition) is 8. The molecule has 1 heterocycles. The van der Waals surface area contributed by atoms with Crippen LogP contribution in [0.3, 0.4) is 0 Å². The molecule has 5 atom stereocenters. The third kappa shape index (κ3) is 9.40. The first kappa shape index (κ1) is 37.5. The molecule has 0 bridgehead atoms. The van der Waals surface area contributed by atoms with Crippen LogP contribution in [-0.2, 0) is 41.7 Å². The smallest absolute Gasteiger partial charge is 0.433 e. The number of carbonyl (C=O) groups excluding carboxylic acids is 2. The molecule has 0 saturated carbocycles. The second-order valence-corrected chi connectivity index (χ2v) is 15.8. The summed E-state index contributed by atoms with van der Waals surface area (Å²) in [5, 5.41) is 2.81. The van der Waals surface area contributed by atoms with Gasteiger partial charge in [0.1, 0.15) is 24.3 Å². The summed E-state index contributed by atoms with van der Waals surface area (Å²) in [4.78, 5) is 26.8. The van der Waals surface area contributed by atoms with Gasteiger partial charge in [-0.25, -0.2) is 4.79 Å². The third-order valence-electron chi connectivity index (χ3n) is 8.77. The Morgan fingerprint density at radius 2 is 1.33 bits per heavy atom. The second kappa shape index (κ2) is 17.5. The molecule has 0 spiro atoms. The fourth-order valence-corrected chi connectivity index (χ4v) is 7.58. The molecule has 1 aliphatic carbocycles. The van der Waals surface area contributed by atoms with E-state index in [4.69, 9.17) is 58.5 Å². The van der Waals surface area contributed by atoms with Crippen molar-refractivity contribution < 1.29 is 33.3 Å². The summed E-state index contributed by atoms with van der Waals surface area (Å²) in [5.41, 5.74) is 5.51. The SMILES string of the molecule is CCS[C@@H]1O[C@H](COCc2ccccc2)C(OC(=O)OCC2c3ccccc3-c3ccccc32)[C@@H](OCc2ccccc2)[C@H]1NC(=O)C(Cl)(Cl)Cl. The van der Waals surface area contributed by atoms with Gasteiger partial charge in [0.25, 0.3) is 9.70 Å². The van der Waals surface area contributed by atoms with Crippen LogP contribution in [0.1, 0.15) is 35.1 Å². The van der Waals surface area contributed by atoms with Crippen molar-refractivity contribution in [2.75, 3.05) is 19.0 Å². The van der Waals surface area contributed by atoms with E-state index < -0.39 is 45.6 Å². The van der Waals surface area contributed by atoms with Crippen LogP contribution in [-0.4, -0.2) is 64.6 Å². The molecule has 1 fully saturated rings. The van der Waals surface area contributed by atoms with Gasteiger partial charge < -0.3 is 29.0 Å². The van der Waals surface area contributed by atoms with Crippen LogP contribution in [0.5, 0.6) is 0 Å². The largest absolute Gasteiger partial charge is 0.508 e. The molecule has 1 N–H and O–H groups in total. The zero-order valence-electron chi connectivity index (χ0n) is 27.8. The lowest BCUT2D eigenvalue weighted by atomic mass is 9.97. The highest BCUT2D eigenvalue weighted by atomic mass is 35.6. The number of halogens is 3. The molecule has 4 aromatic rings. The molecule has 1 aliphatic heterocycles. The van der Waals surface area contributed by atoms with Crippen LogP contribution >= 0.6 is 46.6 Å². The summed E-state index contributed by atoms with van der Waals surface area (Å²) in [6, 6.07) is 34.5. The van der Waals surface area contributed by atoms with E-state index in [-0.39, 0.29) is 25.7 Å². The maximum Gasteiger partial charge on any atom is 0.508 e. The molecule has 0 radical (unpaired) electrons. The number of carbonyl (C=O) groups is 2. The van der Waals surface area contributed by atoms with Crippen LogP contribution in [0.25, 0.3) is 11.1 Å². The number of hydrogen-bond donors (Lipinski definition) is 1. The van der Waals surface area contributed by atoms with Crippen molar-refractivity contribution in [3.05, 3.63) is 131 Å². The summed E-state index contributed by atoms with van der Waals surface area (Å²) < 4.78 is 28.9. The first-order valence-corrected chi connectivity index (χ1v) is 18.8. The lowest BCUT2D eigenvalue weighted by Gasteiger charge is -2.46. The molecule has 2 aliphatic rings. The highest BCUT2D eigenvalue weighted by Crippen LogP contribution is 2.44. The number of benzene rings is 4.